The molecule has 0 saturated carbocycles. The van der Waals surface area contributed by atoms with Gasteiger partial charge in [-0.2, -0.15) is 0 Å². The molecule has 0 radical (unpaired) electrons. The van der Waals surface area contributed by atoms with Crippen LogP contribution >= 0.6 is 23.2 Å². The van der Waals surface area contributed by atoms with Crippen LogP contribution < -0.4 is 10.1 Å². The first kappa shape index (κ1) is 18.6. The van der Waals surface area contributed by atoms with Gasteiger partial charge in [0.15, 0.2) is 0 Å². The summed E-state index contributed by atoms with van der Waals surface area (Å²) in [6.07, 6.45) is 3.52. The molecule has 0 bridgehead atoms. The minimum atomic E-state index is -0.369. The van der Waals surface area contributed by atoms with E-state index in [0.29, 0.717) is 28.9 Å². The molecule has 134 valence electrons. The minimum Gasteiger partial charge on any atom is -0.489 e. The van der Waals surface area contributed by atoms with Crippen LogP contribution in [0.15, 0.2) is 60.9 Å². The second-order valence-corrected chi connectivity index (χ2v) is 6.58. The van der Waals surface area contributed by atoms with E-state index in [-0.39, 0.29) is 12.4 Å². The Morgan fingerprint density at radius 1 is 0.923 bits per heavy atom. The average molecular weight is 391 g/mol. The Kier molecular flexibility index (Phi) is 6.45. The van der Waals surface area contributed by atoms with Gasteiger partial charge in [-0.05, 0) is 48.0 Å². The van der Waals surface area contributed by atoms with Crippen molar-refractivity contribution in [3.8, 4) is 5.75 Å². The summed E-state index contributed by atoms with van der Waals surface area (Å²) in [6, 6.07) is 13.6. The molecule has 3 nitrogen and oxygen atoms in total. The molecule has 3 aromatic rings. The maximum absolute atomic E-state index is 13.1. The third kappa shape index (κ3) is 5.18. The molecule has 0 fully saturated rings. The van der Waals surface area contributed by atoms with Crippen LogP contribution in [-0.2, 0) is 19.7 Å². The normalized spacial score (nSPS) is 10.7. The molecule has 0 atom stereocenters. The third-order valence-corrected chi connectivity index (χ3v) is 4.40. The fourth-order valence-corrected chi connectivity index (χ4v) is 2.88. The van der Waals surface area contributed by atoms with Gasteiger partial charge in [0.2, 0.25) is 0 Å². The monoisotopic (exact) mass is 390 g/mol. The van der Waals surface area contributed by atoms with Gasteiger partial charge in [0.25, 0.3) is 0 Å². The van der Waals surface area contributed by atoms with Crippen LogP contribution in [0, 0.1) is 5.82 Å². The molecule has 1 aromatic heterocycles. The van der Waals surface area contributed by atoms with E-state index in [4.69, 9.17) is 27.9 Å². The zero-order valence-corrected chi connectivity index (χ0v) is 15.4. The van der Waals surface area contributed by atoms with Gasteiger partial charge < -0.3 is 10.1 Å². The van der Waals surface area contributed by atoms with Gasteiger partial charge in [0.1, 0.15) is 18.2 Å². The first-order chi connectivity index (χ1) is 12.6. The summed E-state index contributed by atoms with van der Waals surface area (Å²) in [4.78, 5) is 4.00. The molecule has 2 aromatic carbocycles. The van der Waals surface area contributed by atoms with Gasteiger partial charge in [0.05, 0.1) is 5.02 Å². The van der Waals surface area contributed by atoms with Crippen LogP contribution in [-0.4, -0.2) is 4.98 Å². The van der Waals surface area contributed by atoms with Gasteiger partial charge in [-0.3, -0.25) is 4.98 Å². The molecule has 1 heterocycles. The van der Waals surface area contributed by atoms with E-state index < -0.39 is 0 Å². The van der Waals surface area contributed by atoms with Crippen molar-refractivity contribution >= 4 is 23.2 Å². The standard InChI is InChI=1S/C20H17Cl2FN2O/c21-17-2-4-20(26-13-15-1-3-18(23)10-19(15)22)16(9-17)12-25-11-14-5-7-24-8-6-14/h1-10,25H,11-13H2. The summed E-state index contributed by atoms with van der Waals surface area (Å²) < 4.78 is 19.0. The Hall–Kier alpha value is -2.14. The van der Waals surface area contributed by atoms with E-state index in [1.165, 1.54) is 12.1 Å². The highest BCUT2D eigenvalue weighted by molar-refractivity contribution is 6.31. The zero-order chi connectivity index (χ0) is 18.4. The predicted molar refractivity (Wildman–Crippen MR) is 102 cm³/mol. The number of nitrogens with zero attached hydrogens (tertiary/aromatic N) is 1. The van der Waals surface area contributed by atoms with Crippen molar-refractivity contribution in [2.75, 3.05) is 0 Å². The van der Waals surface area contributed by atoms with Crippen LogP contribution in [0.25, 0.3) is 0 Å². The van der Waals surface area contributed by atoms with E-state index >= 15 is 0 Å². The highest BCUT2D eigenvalue weighted by Crippen LogP contribution is 2.25. The molecular formula is C20H17Cl2FN2O. The van der Waals surface area contributed by atoms with E-state index in [1.54, 1.807) is 24.5 Å². The molecule has 3 rings (SSSR count). The molecule has 0 saturated heterocycles. The first-order valence-corrected chi connectivity index (χ1v) is 8.82. The molecule has 0 aliphatic rings. The topological polar surface area (TPSA) is 34.1 Å². The Labute approximate surface area is 161 Å². The van der Waals surface area contributed by atoms with Crippen LogP contribution in [0.3, 0.4) is 0 Å². The highest BCUT2D eigenvalue weighted by atomic mass is 35.5. The zero-order valence-electron chi connectivity index (χ0n) is 13.9. The second kappa shape index (κ2) is 8.99. The number of ether oxygens (including phenoxy) is 1. The van der Waals surface area contributed by atoms with E-state index in [1.807, 2.05) is 24.3 Å². The Morgan fingerprint density at radius 2 is 1.73 bits per heavy atom. The Morgan fingerprint density at radius 3 is 2.50 bits per heavy atom. The summed E-state index contributed by atoms with van der Waals surface area (Å²) in [7, 11) is 0. The molecule has 1 N–H and O–H groups in total. The van der Waals surface area contributed by atoms with E-state index in [2.05, 4.69) is 10.3 Å². The SMILES string of the molecule is Fc1ccc(COc2ccc(Cl)cc2CNCc2ccncc2)c(Cl)c1. The molecule has 0 spiro atoms. The Balaban J connectivity index is 1.65. The summed E-state index contributed by atoms with van der Waals surface area (Å²) >= 11 is 12.2. The van der Waals surface area contributed by atoms with Crippen LogP contribution in [0.5, 0.6) is 5.75 Å². The fraction of sp³-hybridized carbons (Fsp3) is 0.150. The van der Waals surface area contributed by atoms with E-state index in [0.717, 1.165) is 16.7 Å². The summed E-state index contributed by atoms with van der Waals surface area (Å²) in [5.74, 6) is 0.336. The lowest BCUT2D eigenvalue weighted by Crippen LogP contribution is -2.13. The minimum absolute atomic E-state index is 0.248. The van der Waals surface area contributed by atoms with Crippen LogP contribution in [0.4, 0.5) is 4.39 Å². The maximum Gasteiger partial charge on any atom is 0.124 e. The number of pyridine rings is 1. The summed E-state index contributed by atoms with van der Waals surface area (Å²) in [5.41, 5.74) is 2.80. The smallest absolute Gasteiger partial charge is 0.124 e. The molecule has 0 amide bonds. The lowest BCUT2D eigenvalue weighted by Gasteiger charge is -2.14. The van der Waals surface area contributed by atoms with Crippen LogP contribution in [0.2, 0.25) is 10.0 Å². The molecule has 0 unspecified atom stereocenters. The number of halogens is 3. The first-order valence-electron chi connectivity index (χ1n) is 8.06. The predicted octanol–water partition coefficient (Wildman–Crippen LogP) is 5.40. The van der Waals surface area contributed by atoms with Crippen LogP contribution in [0.1, 0.15) is 16.7 Å². The molecule has 26 heavy (non-hydrogen) atoms. The fourth-order valence-electron chi connectivity index (χ4n) is 2.46. The van der Waals surface area contributed by atoms with Gasteiger partial charge in [-0.15, -0.1) is 0 Å². The van der Waals surface area contributed by atoms with Gasteiger partial charge in [-0.1, -0.05) is 29.3 Å². The van der Waals surface area contributed by atoms with Crippen molar-refractivity contribution in [2.45, 2.75) is 19.7 Å². The van der Waals surface area contributed by atoms with E-state index in [9.17, 15) is 4.39 Å². The number of aromatic nitrogens is 1. The quantitative estimate of drug-likeness (QED) is 0.586. The van der Waals surface area contributed by atoms with Gasteiger partial charge in [0, 0.05) is 41.6 Å². The number of hydrogen-bond acceptors (Lipinski definition) is 3. The molecule has 0 aliphatic heterocycles. The molecule has 0 aliphatic carbocycles. The van der Waals surface area contributed by atoms with Crippen molar-refractivity contribution in [3.05, 3.63) is 93.5 Å². The lowest BCUT2D eigenvalue weighted by atomic mass is 10.2. The summed E-state index contributed by atoms with van der Waals surface area (Å²) in [6.45, 7) is 1.55. The molecular weight excluding hydrogens is 374 g/mol. The average Bonchev–Trinajstić information content (AvgIpc) is 2.63. The lowest BCUT2D eigenvalue weighted by molar-refractivity contribution is 0.302. The van der Waals surface area contributed by atoms with Gasteiger partial charge in [-0.25, -0.2) is 4.39 Å². The van der Waals surface area contributed by atoms with Crippen molar-refractivity contribution in [3.63, 3.8) is 0 Å². The molecule has 6 heteroatoms. The third-order valence-electron chi connectivity index (χ3n) is 3.81. The van der Waals surface area contributed by atoms with Gasteiger partial charge >= 0.3 is 0 Å². The number of hydrogen-bond donors (Lipinski definition) is 1. The van der Waals surface area contributed by atoms with Crippen molar-refractivity contribution in [1.29, 1.82) is 0 Å². The number of nitrogens with one attached hydrogen (secondary N) is 1. The number of benzene rings is 2. The Bertz CT molecular complexity index is 875. The summed E-state index contributed by atoms with van der Waals surface area (Å²) in [5, 5.41) is 4.34. The largest absolute Gasteiger partial charge is 0.489 e. The number of rotatable bonds is 7. The second-order valence-electron chi connectivity index (χ2n) is 5.74. The maximum atomic E-state index is 13.1. The van der Waals surface area contributed by atoms with Crippen molar-refractivity contribution in [2.24, 2.45) is 0 Å². The van der Waals surface area contributed by atoms with Crippen molar-refractivity contribution in [1.82, 2.24) is 10.3 Å². The van der Waals surface area contributed by atoms with Crippen molar-refractivity contribution < 1.29 is 9.13 Å². The highest BCUT2D eigenvalue weighted by Gasteiger charge is 2.08.